The van der Waals surface area contributed by atoms with Crippen LogP contribution in [0.5, 0.6) is 5.75 Å². The van der Waals surface area contributed by atoms with Crippen LogP contribution in [0.25, 0.3) is 0 Å². The largest absolute Gasteiger partial charge is 0.497 e. The monoisotopic (exact) mass is 470 g/mol. The van der Waals surface area contributed by atoms with E-state index < -0.39 is 28.6 Å². The van der Waals surface area contributed by atoms with Gasteiger partial charge in [-0.3, -0.25) is 14.4 Å². The van der Waals surface area contributed by atoms with Gasteiger partial charge in [-0.15, -0.1) is 11.8 Å². The lowest BCUT2D eigenvalue weighted by Crippen LogP contribution is -2.53. The van der Waals surface area contributed by atoms with Crippen molar-refractivity contribution in [2.24, 2.45) is 11.8 Å². The van der Waals surface area contributed by atoms with Crippen molar-refractivity contribution in [3.63, 3.8) is 0 Å². The average molecular weight is 471 g/mol. The fourth-order valence-electron chi connectivity index (χ4n) is 5.45. The van der Waals surface area contributed by atoms with Gasteiger partial charge in [-0.1, -0.05) is 24.3 Å². The molecule has 5 rings (SSSR count). The van der Waals surface area contributed by atoms with E-state index in [0.29, 0.717) is 24.4 Å². The maximum Gasteiger partial charge on any atom is 0.311 e. The number of aliphatic hydroxyl groups is 1. The Labute approximate surface area is 196 Å². The van der Waals surface area contributed by atoms with Crippen LogP contribution in [0.1, 0.15) is 6.42 Å². The molecular weight excluding hydrogens is 444 g/mol. The van der Waals surface area contributed by atoms with Gasteiger partial charge in [0.05, 0.1) is 36.9 Å². The number of thioether (sulfide) groups is 1. The molecule has 0 bridgehead atoms. The predicted octanol–water partition coefficient (Wildman–Crippen LogP) is 1.39. The number of nitrogens with zero attached hydrogens (tertiary/aromatic N) is 2. The summed E-state index contributed by atoms with van der Waals surface area (Å²) in [7, 11) is 1.58. The molecule has 8 nitrogen and oxygen atoms in total. The van der Waals surface area contributed by atoms with E-state index in [-0.39, 0.29) is 36.8 Å². The number of rotatable bonds is 4. The van der Waals surface area contributed by atoms with E-state index in [1.54, 1.807) is 24.1 Å². The normalized spacial score (nSPS) is 33.1. The number of cyclic esters (lactones) is 1. The van der Waals surface area contributed by atoms with Gasteiger partial charge in [0.15, 0.2) is 0 Å². The van der Waals surface area contributed by atoms with E-state index in [0.717, 1.165) is 0 Å². The molecule has 1 spiro atoms. The molecule has 9 heteroatoms. The van der Waals surface area contributed by atoms with Crippen LogP contribution >= 0.6 is 11.8 Å². The van der Waals surface area contributed by atoms with Gasteiger partial charge in [0.25, 0.3) is 5.91 Å². The summed E-state index contributed by atoms with van der Waals surface area (Å²) < 4.78 is 9.76. The molecule has 0 aliphatic carbocycles. The first-order chi connectivity index (χ1) is 16.0. The molecule has 5 atom stereocenters. The first-order valence-electron chi connectivity index (χ1n) is 11.1. The molecule has 4 aliphatic rings. The summed E-state index contributed by atoms with van der Waals surface area (Å²) in [6.07, 6.45) is 8.43. The third-order valence-corrected chi connectivity index (χ3v) is 8.59. The van der Waals surface area contributed by atoms with Gasteiger partial charge in [0.1, 0.15) is 11.8 Å². The summed E-state index contributed by atoms with van der Waals surface area (Å²) in [6.45, 7) is 0.378. The molecule has 1 aromatic carbocycles. The van der Waals surface area contributed by atoms with Crippen molar-refractivity contribution in [1.29, 1.82) is 0 Å². The van der Waals surface area contributed by atoms with Gasteiger partial charge in [0, 0.05) is 24.0 Å². The van der Waals surface area contributed by atoms with Crippen molar-refractivity contribution in [2.45, 2.75) is 22.5 Å². The zero-order valence-electron chi connectivity index (χ0n) is 18.3. The van der Waals surface area contributed by atoms with Crippen LogP contribution in [0.4, 0.5) is 5.69 Å². The van der Waals surface area contributed by atoms with Crippen LogP contribution in [0.3, 0.4) is 0 Å². The molecule has 0 aromatic heterocycles. The summed E-state index contributed by atoms with van der Waals surface area (Å²) in [6, 6.07) is 6.36. The number of likely N-dealkylation sites (tertiary alicyclic amines) is 1. The van der Waals surface area contributed by atoms with E-state index in [1.807, 2.05) is 36.4 Å². The maximum absolute atomic E-state index is 14.0. The molecule has 1 unspecified atom stereocenters. The maximum atomic E-state index is 14.0. The van der Waals surface area contributed by atoms with E-state index in [9.17, 15) is 19.5 Å². The van der Waals surface area contributed by atoms with Gasteiger partial charge in [0.2, 0.25) is 5.91 Å². The number of aliphatic hydroxyl groups excluding tert-OH is 1. The zero-order valence-corrected chi connectivity index (χ0v) is 19.1. The minimum absolute atomic E-state index is 0.0284. The topological polar surface area (TPSA) is 96.4 Å². The molecule has 2 saturated heterocycles. The number of carbonyl (C=O) groups is 3. The SMILES string of the molecule is COc1ccc(N2CC=C[C@]34S[C@@H]5C=CCCOC(=O)[C@@H]5[C@H]3C(=O)N(CCO)C4C2=O)cc1. The Kier molecular flexibility index (Phi) is 5.70. The van der Waals surface area contributed by atoms with Crippen LogP contribution < -0.4 is 9.64 Å². The van der Waals surface area contributed by atoms with E-state index in [2.05, 4.69) is 0 Å². The standard InChI is InChI=1S/C24H26N2O6S/c1-31-16-8-6-15(7-9-16)25-11-4-10-24-19(21(28)26(12-13-27)20(24)22(25)29)18-17(33-24)5-2-3-14-32-23(18)30/h2,4-10,17-20,27H,3,11-14H2,1H3/t17-,18+,19+,20?,24+/m1/s1. The molecule has 4 aliphatic heterocycles. The summed E-state index contributed by atoms with van der Waals surface area (Å²) in [5, 5.41) is 9.44. The number of hydrogen-bond donors (Lipinski definition) is 1. The third kappa shape index (κ3) is 3.36. The van der Waals surface area contributed by atoms with E-state index in [4.69, 9.17) is 9.47 Å². The number of ether oxygens (including phenoxy) is 2. The number of carbonyl (C=O) groups excluding carboxylic acids is 3. The Morgan fingerprint density at radius 3 is 2.70 bits per heavy atom. The number of benzene rings is 1. The predicted molar refractivity (Wildman–Crippen MR) is 123 cm³/mol. The second kappa shape index (κ2) is 8.53. The Bertz CT molecular complexity index is 1020. The van der Waals surface area contributed by atoms with Gasteiger partial charge < -0.3 is 24.4 Å². The molecule has 33 heavy (non-hydrogen) atoms. The molecule has 1 aromatic rings. The average Bonchev–Trinajstić information content (AvgIpc) is 3.18. The minimum atomic E-state index is -0.909. The van der Waals surface area contributed by atoms with Gasteiger partial charge in [-0.25, -0.2) is 0 Å². The van der Waals surface area contributed by atoms with E-state index in [1.165, 1.54) is 16.7 Å². The second-order valence-corrected chi connectivity index (χ2v) is 10.0. The van der Waals surface area contributed by atoms with Crippen molar-refractivity contribution in [2.75, 3.05) is 38.3 Å². The number of esters is 1. The second-order valence-electron chi connectivity index (χ2n) is 8.53. The number of amides is 2. The number of anilines is 1. The number of fused-ring (bicyclic) bond motifs is 2. The molecule has 0 radical (unpaired) electrons. The Morgan fingerprint density at radius 2 is 1.97 bits per heavy atom. The molecule has 2 fully saturated rings. The summed E-state index contributed by atoms with van der Waals surface area (Å²) in [5.74, 6) is -1.62. The van der Waals surface area contributed by atoms with Crippen LogP contribution in [0.15, 0.2) is 48.6 Å². The molecule has 174 valence electrons. The van der Waals surface area contributed by atoms with Crippen molar-refractivity contribution in [3.05, 3.63) is 48.6 Å². The Balaban J connectivity index is 1.59. The smallest absolute Gasteiger partial charge is 0.311 e. The lowest BCUT2D eigenvalue weighted by molar-refractivity contribution is -0.153. The van der Waals surface area contributed by atoms with Crippen molar-refractivity contribution < 1.29 is 29.0 Å². The van der Waals surface area contributed by atoms with Crippen LogP contribution in [-0.2, 0) is 19.1 Å². The summed E-state index contributed by atoms with van der Waals surface area (Å²) >= 11 is 1.49. The van der Waals surface area contributed by atoms with Crippen molar-refractivity contribution >= 4 is 35.2 Å². The number of β-amino-alcohol motifs (C(OH)–C–C–N with tert-alkyl or cyclic N) is 1. The quantitative estimate of drug-likeness (QED) is 0.525. The first kappa shape index (κ1) is 22.0. The highest BCUT2D eigenvalue weighted by Gasteiger charge is 2.70. The van der Waals surface area contributed by atoms with Gasteiger partial charge in [-0.05, 0) is 30.7 Å². The lowest BCUT2D eigenvalue weighted by atomic mass is 9.78. The highest BCUT2D eigenvalue weighted by molar-refractivity contribution is 8.02. The van der Waals surface area contributed by atoms with Gasteiger partial charge >= 0.3 is 5.97 Å². The summed E-state index contributed by atoms with van der Waals surface area (Å²) in [4.78, 5) is 43.7. The van der Waals surface area contributed by atoms with Crippen molar-refractivity contribution in [1.82, 2.24) is 4.90 Å². The Hall–Kier alpha value is -2.78. The van der Waals surface area contributed by atoms with Crippen LogP contribution in [0.2, 0.25) is 0 Å². The lowest BCUT2D eigenvalue weighted by Gasteiger charge is -2.35. The molecule has 0 saturated carbocycles. The Morgan fingerprint density at radius 1 is 1.18 bits per heavy atom. The fourth-order valence-corrected chi connectivity index (χ4v) is 7.45. The highest BCUT2D eigenvalue weighted by atomic mass is 32.2. The van der Waals surface area contributed by atoms with E-state index >= 15 is 0 Å². The molecular formula is C24H26N2O6S. The van der Waals surface area contributed by atoms with Gasteiger partial charge in [-0.2, -0.15) is 0 Å². The number of hydrogen-bond acceptors (Lipinski definition) is 7. The summed E-state index contributed by atoms with van der Waals surface area (Å²) in [5.41, 5.74) is 0.690. The van der Waals surface area contributed by atoms with Crippen molar-refractivity contribution in [3.8, 4) is 5.75 Å². The minimum Gasteiger partial charge on any atom is -0.497 e. The third-order valence-electron chi connectivity index (χ3n) is 6.85. The first-order valence-corrected chi connectivity index (χ1v) is 12.0. The highest BCUT2D eigenvalue weighted by Crippen LogP contribution is 2.60. The van der Waals surface area contributed by atoms with Crippen LogP contribution in [0, 0.1) is 11.8 Å². The molecule has 1 N–H and O–H groups in total. The number of methoxy groups -OCH3 is 1. The zero-order chi connectivity index (χ0) is 23.2. The molecule has 2 amide bonds. The molecule has 4 heterocycles. The van der Waals surface area contributed by atoms with Crippen LogP contribution in [-0.4, -0.2) is 77.2 Å². The fraction of sp³-hybridized carbons (Fsp3) is 0.458.